The number of hydrogen-bond donors (Lipinski definition) is 2. The molecule has 0 unspecified atom stereocenters. The lowest BCUT2D eigenvalue weighted by Gasteiger charge is -2.15. The molecule has 0 atom stereocenters. The minimum atomic E-state index is -0.109. The number of rotatable bonds is 5. The fourth-order valence-corrected chi connectivity index (χ4v) is 2.39. The predicted octanol–water partition coefficient (Wildman–Crippen LogP) is 1.74. The van der Waals surface area contributed by atoms with E-state index < -0.39 is 0 Å². The Morgan fingerprint density at radius 1 is 1.43 bits per heavy atom. The van der Waals surface area contributed by atoms with Crippen LogP contribution >= 0.6 is 12.4 Å². The third-order valence-electron chi connectivity index (χ3n) is 3.57. The molecule has 1 aromatic carbocycles. The number of carbonyl (C=O) groups is 2. The van der Waals surface area contributed by atoms with Crippen LogP contribution in [0.4, 0.5) is 5.69 Å². The Bertz CT molecular complexity index is 520. The van der Waals surface area contributed by atoms with E-state index in [-0.39, 0.29) is 24.2 Å². The summed E-state index contributed by atoms with van der Waals surface area (Å²) in [6.45, 7) is 4.02. The molecular weight excluding hydrogens is 290 g/mol. The average molecular weight is 312 g/mol. The highest BCUT2D eigenvalue weighted by Gasteiger charge is 2.19. The molecule has 1 saturated heterocycles. The van der Waals surface area contributed by atoms with Crippen LogP contribution in [-0.4, -0.2) is 36.3 Å². The summed E-state index contributed by atoms with van der Waals surface area (Å²) in [5, 5.41) is 2.87. The van der Waals surface area contributed by atoms with Gasteiger partial charge in [0.25, 0.3) is 5.91 Å². The Kier molecular flexibility index (Phi) is 6.49. The van der Waals surface area contributed by atoms with Crippen molar-refractivity contribution < 1.29 is 9.59 Å². The van der Waals surface area contributed by atoms with Crippen LogP contribution in [0.2, 0.25) is 0 Å². The number of likely N-dealkylation sites (tertiary alicyclic amines) is 1. The first-order chi connectivity index (χ1) is 9.58. The molecule has 21 heavy (non-hydrogen) atoms. The van der Waals surface area contributed by atoms with Gasteiger partial charge in [0.05, 0.1) is 0 Å². The van der Waals surface area contributed by atoms with E-state index in [4.69, 9.17) is 5.73 Å². The fourth-order valence-electron chi connectivity index (χ4n) is 2.39. The molecule has 0 bridgehead atoms. The molecule has 5 nitrogen and oxygen atoms in total. The van der Waals surface area contributed by atoms with Gasteiger partial charge in [-0.1, -0.05) is 6.07 Å². The van der Waals surface area contributed by atoms with E-state index in [9.17, 15) is 9.59 Å². The molecule has 6 heteroatoms. The van der Waals surface area contributed by atoms with Gasteiger partial charge in [0.2, 0.25) is 5.91 Å². The number of carbonyl (C=O) groups excluding carboxylic acids is 2. The monoisotopic (exact) mass is 311 g/mol. The highest BCUT2D eigenvalue weighted by molar-refractivity contribution is 5.96. The number of amides is 2. The van der Waals surface area contributed by atoms with Gasteiger partial charge in [0.15, 0.2) is 0 Å². The van der Waals surface area contributed by atoms with Crippen molar-refractivity contribution in [2.24, 2.45) is 0 Å². The molecule has 0 spiro atoms. The zero-order valence-electron chi connectivity index (χ0n) is 12.2. The summed E-state index contributed by atoms with van der Waals surface area (Å²) in [6.07, 6.45) is 2.39. The Balaban J connectivity index is 0.00000220. The van der Waals surface area contributed by atoms with Gasteiger partial charge in [-0.2, -0.15) is 0 Å². The van der Waals surface area contributed by atoms with Crippen LogP contribution in [0.5, 0.6) is 0 Å². The number of nitrogen functional groups attached to an aromatic ring is 1. The smallest absolute Gasteiger partial charge is 0.251 e. The average Bonchev–Trinajstić information content (AvgIpc) is 2.83. The Morgan fingerprint density at radius 3 is 2.86 bits per heavy atom. The van der Waals surface area contributed by atoms with Gasteiger partial charge in [-0.3, -0.25) is 9.59 Å². The summed E-state index contributed by atoms with van der Waals surface area (Å²) in [4.78, 5) is 25.3. The maximum atomic E-state index is 12.0. The second-order valence-electron chi connectivity index (χ2n) is 5.17. The number of benzene rings is 1. The first kappa shape index (κ1) is 17.3. The standard InChI is InChI=1S/C15H21N3O2.ClH/c1-11-5-6-12(16)10-13(11)15(20)17-7-3-9-18-8-2-4-14(18)19;/h5-6,10H,2-4,7-9,16H2,1H3,(H,17,20);1H. The van der Waals surface area contributed by atoms with Crippen molar-refractivity contribution in [3.8, 4) is 0 Å². The van der Waals surface area contributed by atoms with Crippen LogP contribution in [0.25, 0.3) is 0 Å². The van der Waals surface area contributed by atoms with E-state index >= 15 is 0 Å². The fraction of sp³-hybridized carbons (Fsp3) is 0.467. The van der Waals surface area contributed by atoms with E-state index in [2.05, 4.69) is 5.32 Å². The molecule has 2 amide bonds. The van der Waals surface area contributed by atoms with Crippen molar-refractivity contribution in [3.63, 3.8) is 0 Å². The molecule has 1 aromatic rings. The van der Waals surface area contributed by atoms with E-state index in [0.29, 0.717) is 24.2 Å². The van der Waals surface area contributed by atoms with Gasteiger partial charge in [-0.25, -0.2) is 0 Å². The first-order valence-electron chi connectivity index (χ1n) is 7.00. The van der Waals surface area contributed by atoms with Crippen LogP contribution in [0.3, 0.4) is 0 Å². The van der Waals surface area contributed by atoms with Crippen LogP contribution in [-0.2, 0) is 4.79 Å². The van der Waals surface area contributed by atoms with E-state index in [1.54, 1.807) is 12.1 Å². The van der Waals surface area contributed by atoms with Gasteiger partial charge < -0.3 is 16.0 Å². The number of nitrogens with two attached hydrogens (primary N) is 1. The maximum absolute atomic E-state index is 12.0. The van der Waals surface area contributed by atoms with Crippen molar-refractivity contribution in [1.82, 2.24) is 10.2 Å². The zero-order chi connectivity index (χ0) is 14.5. The molecular formula is C15H22ClN3O2. The summed E-state index contributed by atoms with van der Waals surface area (Å²) >= 11 is 0. The number of nitrogens with one attached hydrogen (secondary N) is 1. The van der Waals surface area contributed by atoms with Crippen molar-refractivity contribution >= 4 is 29.9 Å². The molecule has 3 N–H and O–H groups in total. The molecule has 0 aromatic heterocycles. The number of anilines is 1. The second kappa shape index (κ2) is 7.88. The molecule has 0 radical (unpaired) electrons. The number of aryl methyl sites for hydroxylation is 1. The molecule has 1 fully saturated rings. The number of halogens is 1. The summed E-state index contributed by atoms with van der Waals surface area (Å²) in [7, 11) is 0. The SMILES string of the molecule is Cc1ccc(N)cc1C(=O)NCCCN1CCCC1=O.Cl. The Morgan fingerprint density at radius 2 is 2.19 bits per heavy atom. The van der Waals surface area contributed by atoms with Crippen molar-refractivity contribution in [1.29, 1.82) is 0 Å². The zero-order valence-corrected chi connectivity index (χ0v) is 13.0. The molecule has 2 rings (SSSR count). The minimum absolute atomic E-state index is 0. The van der Waals surface area contributed by atoms with Crippen molar-refractivity contribution in [2.75, 3.05) is 25.4 Å². The maximum Gasteiger partial charge on any atom is 0.251 e. The van der Waals surface area contributed by atoms with E-state index in [1.807, 2.05) is 17.9 Å². The van der Waals surface area contributed by atoms with E-state index in [0.717, 1.165) is 31.5 Å². The second-order valence-corrected chi connectivity index (χ2v) is 5.17. The molecule has 116 valence electrons. The third-order valence-corrected chi connectivity index (χ3v) is 3.57. The van der Waals surface area contributed by atoms with Gasteiger partial charge in [-0.15, -0.1) is 12.4 Å². The molecule has 1 aliphatic heterocycles. The molecule has 1 aliphatic rings. The normalized spacial score (nSPS) is 14.0. The lowest BCUT2D eigenvalue weighted by molar-refractivity contribution is -0.127. The van der Waals surface area contributed by atoms with Gasteiger partial charge >= 0.3 is 0 Å². The lowest BCUT2D eigenvalue weighted by Crippen LogP contribution is -2.30. The van der Waals surface area contributed by atoms with Crippen LogP contribution in [0.1, 0.15) is 35.2 Å². The summed E-state index contributed by atoms with van der Waals surface area (Å²) in [5.74, 6) is 0.116. The van der Waals surface area contributed by atoms with Gasteiger partial charge in [0, 0.05) is 37.3 Å². The highest BCUT2D eigenvalue weighted by Crippen LogP contribution is 2.12. The van der Waals surface area contributed by atoms with Crippen molar-refractivity contribution in [3.05, 3.63) is 29.3 Å². The lowest BCUT2D eigenvalue weighted by atomic mass is 10.1. The Hall–Kier alpha value is -1.75. The van der Waals surface area contributed by atoms with Crippen molar-refractivity contribution in [2.45, 2.75) is 26.2 Å². The molecule has 0 saturated carbocycles. The predicted molar refractivity (Wildman–Crippen MR) is 85.6 cm³/mol. The number of hydrogen-bond acceptors (Lipinski definition) is 3. The van der Waals surface area contributed by atoms with Crippen LogP contribution in [0, 0.1) is 6.92 Å². The minimum Gasteiger partial charge on any atom is -0.399 e. The van der Waals surface area contributed by atoms with Gasteiger partial charge in [-0.05, 0) is 37.5 Å². The topological polar surface area (TPSA) is 75.4 Å². The summed E-state index contributed by atoms with van der Waals surface area (Å²) in [6, 6.07) is 5.31. The first-order valence-corrected chi connectivity index (χ1v) is 7.00. The largest absolute Gasteiger partial charge is 0.399 e. The summed E-state index contributed by atoms with van der Waals surface area (Å²) < 4.78 is 0. The van der Waals surface area contributed by atoms with Crippen LogP contribution < -0.4 is 11.1 Å². The quantitative estimate of drug-likeness (QED) is 0.642. The highest BCUT2D eigenvalue weighted by atomic mass is 35.5. The number of nitrogens with zero attached hydrogens (tertiary/aromatic N) is 1. The van der Waals surface area contributed by atoms with Crippen LogP contribution in [0.15, 0.2) is 18.2 Å². The van der Waals surface area contributed by atoms with Gasteiger partial charge in [0.1, 0.15) is 0 Å². The summed E-state index contributed by atoms with van der Waals surface area (Å²) in [5.41, 5.74) is 7.80. The van der Waals surface area contributed by atoms with E-state index in [1.165, 1.54) is 0 Å². The Labute approximate surface area is 131 Å². The molecule has 1 heterocycles. The molecule has 0 aliphatic carbocycles. The third kappa shape index (κ3) is 4.63.